The molecule has 2 rings (SSSR count). The summed E-state index contributed by atoms with van der Waals surface area (Å²) in [6.07, 6.45) is 3.06. The number of nitrogens with one attached hydrogen (secondary N) is 1. The standard InChI is InChI=1S/C15H15NO4S2/c1-15(2,3)11(17)6-12-16-13(18)10(22-12)5-9-4-8(7-21-9)14(19)20/h4-7H,1-3H3,(H,16,18)(H,19,20)/b10-5-,12-6+. The van der Waals surface area contributed by atoms with Crippen LogP contribution in [0.2, 0.25) is 0 Å². The van der Waals surface area contributed by atoms with E-state index in [2.05, 4.69) is 4.98 Å². The van der Waals surface area contributed by atoms with Crippen molar-refractivity contribution in [3.63, 3.8) is 0 Å². The number of rotatable bonds is 3. The minimum absolute atomic E-state index is 0.0687. The van der Waals surface area contributed by atoms with Crippen LogP contribution in [-0.4, -0.2) is 21.8 Å². The van der Waals surface area contributed by atoms with Crippen molar-refractivity contribution in [2.75, 3.05) is 0 Å². The third kappa shape index (κ3) is 3.80. The van der Waals surface area contributed by atoms with E-state index < -0.39 is 11.4 Å². The number of carbonyl (C=O) groups excluding carboxylic acids is 1. The molecule has 2 heterocycles. The third-order valence-electron chi connectivity index (χ3n) is 2.82. The van der Waals surface area contributed by atoms with Gasteiger partial charge in [0.2, 0.25) is 0 Å². The molecule has 0 aromatic carbocycles. The van der Waals surface area contributed by atoms with E-state index in [-0.39, 0.29) is 16.9 Å². The minimum Gasteiger partial charge on any atom is -0.478 e. The summed E-state index contributed by atoms with van der Waals surface area (Å²) in [7, 11) is 0. The molecule has 22 heavy (non-hydrogen) atoms. The Balaban J connectivity index is 2.43. The van der Waals surface area contributed by atoms with Crippen molar-refractivity contribution in [3.8, 4) is 0 Å². The summed E-state index contributed by atoms with van der Waals surface area (Å²) in [5.74, 6) is -1.07. The monoisotopic (exact) mass is 337 g/mol. The maximum Gasteiger partial charge on any atom is 0.336 e. The molecule has 2 aromatic rings. The molecule has 0 radical (unpaired) electrons. The van der Waals surface area contributed by atoms with Gasteiger partial charge in [-0.3, -0.25) is 9.59 Å². The number of ketones is 1. The number of carboxylic acids is 1. The number of carboxylic acid groups (broad SMARTS) is 1. The lowest BCUT2D eigenvalue weighted by Crippen LogP contribution is -2.22. The second kappa shape index (κ2) is 6.02. The van der Waals surface area contributed by atoms with Crippen LogP contribution in [0.3, 0.4) is 0 Å². The second-order valence-corrected chi connectivity index (χ2v) is 7.76. The van der Waals surface area contributed by atoms with Crippen LogP contribution < -0.4 is 14.8 Å². The van der Waals surface area contributed by atoms with Gasteiger partial charge in [-0.05, 0) is 12.1 Å². The number of carbonyl (C=O) groups is 2. The SMILES string of the molecule is CC(C)(C)C(=O)/C=c1\[nH]c(=O)/c(=C/c2cc(C(=O)O)cs2)s1. The smallest absolute Gasteiger partial charge is 0.336 e. The number of Topliss-reactive ketones (excluding diaryl/α,β-unsaturated/α-hetero) is 1. The van der Waals surface area contributed by atoms with Crippen molar-refractivity contribution in [2.24, 2.45) is 5.41 Å². The first-order chi connectivity index (χ1) is 10.2. The van der Waals surface area contributed by atoms with Gasteiger partial charge in [-0.2, -0.15) is 0 Å². The number of hydrogen-bond acceptors (Lipinski definition) is 5. The summed E-state index contributed by atoms with van der Waals surface area (Å²) >= 11 is 2.42. The average Bonchev–Trinajstić information content (AvgIpc) is 2.97. The topological polar surface area (TPSA) is 87.2 Å². The first-order valence-corrected chi connectivity index (χ1v) is 8.15. The van der Waals surface area contributed by atoms with Gasteiger partial charge in [0, 0.05) is 21.7 Å². The van der Waals surface area contributed by atoms with E-state index in [9.17, 15) is 14.4 Å². The van der Waals surface area contributed by atoms with Gasteiger partial charge in [-0.1, -0.05) is 20.8 Å². The number of aromatic amines is 1. The molecule has 0 atom stereocenters. The minimum atomic E-state index is -0.999. The molecule has 116 valence electrons. The molecular weight excluding hydrogens is 322 g/mol. The highest BCUT2D eigenvalue weighted by atomic mass is 32.1. The van der Waals surface area contributed by atoms with Crippen molar-refractivity contribution in [1.82, 2.24) is 4.98 Å². The molecule has 7 heteroatoms. The van der Waals surface area contributed by atoms with E-state index in [1.807, 2.05) is 20.8 Å². The highest BCUT2D eigenvalue weighted by Crippen LogP contribution is 2.15. The third-order valence-corrected chi connectivity index (χ3v) is 4.66. The van der Waals surface area contributed by atoms with Gasteiger partial charge in [-0.15, -0.1) is 22.7 Å². The second-order valence-electron chi connectivity index (χ2n) is 5.73. The lowest BCUT2D eigenvalue weighted by molar-refractivity contribution is -0.119. The van der Waals surface area contributed by atoms with Crippen LogP contribution in [0.4, 0.5) is 0 Å². The summed E-state index contributed by atoms with van der Waals surface area (Å²) < 4.78 is 0.929. The van der Waals surface area contributed by atoms with Gasteiger partial charge in [0.25, 0.3) is 5.56 Å². The van der Waals surface area contributed by atoms with E-state index in [0.29, 0.717) is 14.1 Å². The Bertz CT molecular complexity index is 893. The van der Waals surface area contributed by atoms with Gasteiger partial charge in [0.1, 0.15) is 0 Å². The van der Waals surface area contributed by atoms with E-state index >= 15 is 0 Å². The normalized spacial score (nSPS) is 13.6. The zero-order chi connectivity index (χ0) is 16.5. The summed E-state index contributed by atoms with van der Waals surface area (Å²) in [5, 5.41) is 10.4. The summed E-state index contributed by atoms with van der Waals surface area (Å²) in [6, 6.07) is 1.51. The van der Waals surface area contributed by atoms with Gasteiger partial charge in [0.05, 0.1) is 14.8 Å². The van der Waals surface area contributed by atoms with Crippen LogP contribution in [0.25, 0.3) is 12.2 Å². The molecule has 0 aliphatic carbocycles. The molecule has 2 N–H and O–H groups in total. The number of aromatic nitrogens is 1. The van der Waals surface area contributed by atoms with Crippen LogP contribution >= 0.6 is 22.7 Å². The van der Waals surface area contributed by atoms with E-state index in [4.69, 9.17) is 5.11 Å². The van der Waals surface area contributed by atoms with Crippen molar-refractivity contribution in [3.05, 3.63) is 41.4 Å². The highest BCUT2D eigenvalue weighted by Gasteiger charge is 2.18. The number of thiazole rings is 1. The van der Waals surface area contributed by atoms with Gasteiger partial charge in [0.15, 0.2) is 5.78 Å². The van der Waals surface area contributed by atoms with Crippen LogP contribution in [0.15, 0.2) is 16.2 Å². The average molecular weight is 337 g/mol. The predicted octanol–water partition coefficient (Wildman–Crippen LogP) is 1.42. The van der Waals surface area contributed by atoms with Crippen molar-refractivity contribution >= 4 is 46.6 Å². The molecular formula is C15H15NO4S2. The van der Waals surface area contributed by atoms with Gasteiger partial charge < -0.3 is 10.1 Å². The molecule has 5 nitrogen and oxygen atoms in total. The summed E-state index contributed by atoms with van der Waals surface area (Å²) in [4.78, 5) is 38.0. The molecule has 0 aliphatic heterocycles. The Hall–Kier alpha value is -1.99. The van der Waals surface area contributed by atoms with Crippen LogP contribution in [0.5, 0.6) is 0 Å². The van der Waals surface area contributed by atoms with E-state index in [1.165, 1.54) is 40.2 Å². The molecule has 0 fully saturated rings. The fourth-order valence-corrected chi connectivity index (χ4v) is 3.29. The molecule has 0 bridgehead atoms. The zero-order valence-corrected chi connectivity index (χ0v) is 13.9. The Labute approximate surface area is 134 Å². The zero-order valence-electron chi connectivity index (χ0n) is 12.3. The maximum atomic E-state index is 11.9. The van der Waals surface area contributed by atoms with Crippen molar-refractivity contribution in [1.29, 1.82) is 0 Å². The van der Waals surface area contributed by atoms with Crippen LogP contribution in [0.1, 0.15) is 36.0 Å². The molecule has 0 unspecified atom stereocenters. The van der Waals surface area contributed by atoms with Gasteiger partial charge in [-0.25, -0.2) is 4.79 Å². The van der Waals surface area contributed by atoms with Crippen LogP contribution in [0, 0.1) is 5.41 Å². The number of aromatic carboxylic acids is 1. The molecule has 0 saturated heterocycles. The number of H-pyrrole nitrogens is 1. The number of hydrogen-bond donors (Lipinski definition) is 2. The first kappa shape index (κ1) is 16.4. The highest BCUT2D eigenvalue weighted by molar-refractivity contribution is 7.11. The molecule has 0 aliphatic rings. The Morgan fingerprint density at radius 2 is 2.00 bits per heavy atom. The Morgan fingerprint density at radius 1 is 1.32 bits per heavy atom. The van der Waals surface area contributed by atoms with Crippen LogP contribution in [-0.2, 0) is 4.79 Å². The first-order valence-electron chi connectivity index (χ1n) is 6.45. The quantitative estimate of drug-likeness (QED) is 0.887. The summed E-state index contributed by atoms with van der Waals surface area (Å²) in [6.45, 7) is 5.43. The largest absolute Gasteiger partial charge is 0.478 e. The molecule has 0 spiro atoms. The van der Waals surface area contributed by atoms with E-state index in [1.54, 1.807) is 6.08 Å². The lowest BCUT2D eigenvalue weighted by Gasteiger charge is -2.12. The lowest BCUT2D eigenvalue weighted by atomic mass is 9.91. The molecule has 0 amide bonds. The molecule has 2 aromatic heterocycles. The predicted molar refractivity (Wildman–Crippen MR) is 88.0 cm³/mol. The maximum absolute atomic E-state index is 11.9. The summed E-state index contributed by atoms with van der Waals surface area (Å²) in [5.41, 5.74) is -0.600. The van der Waals surface area contributed by atoms with Crippen molar-refractivity contribution < 1.29 is 14.7 Å². The molecule has 0 saturated carbocycles. The Kier molecular flexibility index (Phi) is 4.48. The van der Waals surface area contributed by atoms with Crippen molar-refractivity contribution in [2.45, 2.75) is 20.8 Å². The fourth-order valence-electron chi connectivity index (χ4n) is 1.53. The number of thiophene rings is 1. The fraction of sp³-hybridized carbons (Fsp3) is 0.267. The van der Waals surface area contributed by atoms with Gasteiger partial charge >= 0.3 is 5.97 Å². The Morgan fingerprint density at radius 3 is 2.55 bits per heavy atom. The van der Waals surface area contributed by atoms with E-state index in [0.717, 1.165) is 0 Å².